The number of aromatic nitrogens is 3. The molecule has 3 heterocycles. The number of nitrogens with zero attached hydrogens (tertiary/aromatic N) is 6. The maximum absolute atomic E-state index is 14.0. The van der Waals surface area contributed by atoms with Crippen LogP contribution in [0, 0.1) is 11.3 Å². The molecule has 4 rings (SSSR count). The van der Waals surface area contributed by atoms with Crippen molar-refractivity contribution in [1.29, 1.82) is 5.26 Å². The number of aromatic amines is 1. The lowest BCUT2D eigenvalue weighted by Crippen LogP contribution is -2.52. The Morgan fingerprint density at radius 3 is 2.41 bits per heavy atom. The molecule has 1 saturated heterocycles. The number of pyridine rings is 1. The van der Waals surface area contributed by atoms with Gasteiger partial charge in [0.25, 0.3) is 0 Å². The lowest BCUT2D eigenvalue weighted by atomic mass is 9.96. The SMILES string of the molecule is CC(C)N(CC(C(=O)N1CCN(c2c(C#N)cnc3[nH]ncc23)CC1)c1ccc(Cl)cc1)C(=O)OC(C)(C)C. The van der Waals surface area contributed by atoms with E-state index in [-0.39, 0.29) is 18.5 Å². The largest absolute Gasteiger partial charge is 0.444 e. The van der Waals surface area contributed by atoms with E-state index in [1.54, 1.807) is 29.4 Å². The summed E-state index contributed by atoms with van der Waals surface area (Å²) in [6.45, 7) is 11.5. The van der Waals surface area contributed by atoms with Crippen molar-refractivity contribution in [3.8, 4) is 6.07 Å². The highest BCUT2D eigenvalue weighted by Gasteiger charge is 2.34. The molecular formula is C28H34ClN7O3. The number of halogens is 1. The molecule has 3 aromatic rings. The number of ether oxygens (including phenoxy) is 1. The van der Waals surface area contributed by atoms with Gasteiger partial charge in [0.2, 0.25) is 5.91 Å². The quantitative estimate of drug-likeness (QED) is 0.477. The minimum atomic E-state index is -0.657. The smallest absolute Gasteiger partial charge is 0.410 e. The summed E-state index contributed by atoms with van der Waals surface area (Å²) in [6.07, 6.45) is 2.75. The summed E-state index contributed by atoms with van der Waals surface area (Å²) < 4.78 is 5.65. The van der Waals surface area contributed by atoms with Crippen LogP contribution in [0.25, 0.3) is 11.0 Å². The molecule has 1 unspecified atom stereocenters. The first kappa shape index (κ1) is 28.2. The van der Waals surface area contributed by atoms with Gasteiger partial charge in [-0.15, -0.1) is 0 Å². The van der Waals surface area contributed by atoms with Crippen LogP contribution in [0.4, 0.5) is 10.5 Å². The highest BCUT2D eigenvalue weighted by atomic mass is 35.5. The van der Waals surface area contributed by atoms with Gasteiger partial charge in [-0.25, -0.2) is 9.78 Å². The summed E-state index contributed by atoms with van der Waals surface area (Å²) in [5.74, 6) is -0.671. The fraction of sp³-hybridized carbons (Fsp3) is 0.464. The van der Waals surface area contributed by atoms with Gasteiger partial charge in [-0.3, -0.25) is 9.89 Å². The second-order valence-electron chi connectivity index (χ2n) is 10.9. The average Bonchev–Trinajstić information content (AvgIpc) is 3.37. The fourth-order valence-electron chi connectivity index (χ4n) is 4.71. The van der Waals surface area contributed by atoms with Crippen molar-refractivity contribution in [1.82, 2.24) is 25.0 Å². The maximum atomic E-state index is 14.0. The molecule has 0 saturated carbocycles. The fourth-order valence-corrected chi connectivity index (χ4v) is 4.84. The zero-order valence-electron chi connectivity index (χ0n) is 22.9. The second-order valence-corrected chi connectivity index (χ2v) is 11.3. The monoisotopic (exact) mass is 551 g/mol. The van der Waals surface area contributed by atoms with Gasteiger partial charge in [0, 0.05) is 50.0 Å². The number of carbonyl (C=O) groups is 2. The van der Waals surface area contributed by atoms with E-state index >= 15 is 0 Å². The molecule has 1 aliphatic rings. The second kappa shape index (κ2) is 11.5. The van der Waals surface area contributed by atoms with E-state index < -0.39 is 17.6 Å². The number of anilines is 1. The summed E-state index contributed by atoms with van der Waals surface area (Å²) in [6, 6.07) is 9.23. The topological polar surface area (TPSA) is 118 Å². The van der Waals surface area contributed by atoms with Crippen molar-refractivity contribution in [3.63, 3.8) is 0 Å². The van der Waals surface area contributed by atoms with Gasteiger partial charge in [0.1, 0.15) is 11.7 Å². The van der Waals surface area contributed by atoms with E-state index in [9.17, 15) is 14.9 Å². The molecule has 0 radical (unpaired) electrons. The van der Waals surface area contributed by atoms with E-state index in [0.29, 0.717) is 42.4 Å². The molecule has 0 spiro atoms. The number of hydrogen-bond acceptors (Lipinski definition) is 7. The van der Waals surface area contributed by atoms with E-state index in [1.807, 2.05) is 51.7 Å². The van der Waals surface area contributed by atoms with Crippen LogP contribution in [0.5, 0.6) is 0 Å². The van der Waals surface area contributed by atoms with Crippen molar-refractivity contribution in [2.45, 2.75) is 52.2 Å². The predicted octanol–water partition coefficient (Wildman–Crippen LogP) is 4.56. The first-order valence-electron chi connectivity index (χ1n) is 13.0. The lowest BCUT2D eigenvalue weighted by Gasteiger charge is -2.39. The predicted molar refractivity (Wildman–Crippen MR) is 150 cm³/mol. The Kier molecular flexibility index (Phi) is 8.31. The summed E-state index contributed by atoms with van der Waals surface area (Å²) in [5.41, 5.74) is 1.97. The zero-order chi connectivity index (χ0) is 28.3. The van der Waals surface area contributed by atoms with Gasteiger partial charge >= 0.3 is 6.09 Å². The van der Waals surface area contributed by atoms with Crippen molar-refractivity contribution in [2.24, 2.45) is 0 Å². The van der Waals surface area contributed by atoms with Gasteiger partial charge in [-0.05, 0) is 52.3 Å². The van der Waals surface area contributed by atoms with Crippen LogP contribution >= 0.6 is 11.6 Å². The lowest BCUT2D eigenvalue weighted by molar-refractivity contribution is -0.133. The number of benzene rings is 1. The zero-order valence-corrected chi connectivity index (χ0v) is 23.7. The Labute approximate surface area is 233 Å². The first-order valence-corrected chi connectivity index (χ1v) is 13.4. The molecule has 2 amide bonds. The number of nitrogens with one attached hydrogen (secondary N) is 1. The molecule has 1 N–H and O–H groups in total. The van der Waals surface area contributed by atoms with Gasteiger partial charge < -0.3 is 19.4 Å². The number of amides is 2. The number of rotatable bonds is 6. The van der Waals surface area contributed by atoms with Crippen LogP contribution in [-0.4, -0.2) is 81.3 Å². The van der Waals surface area contributed by atoms with E-state index in [4.69, 9.17) is 16.3 Å². The highest BCUT2D eigenvalue weighted by molar-refractivity contribution is 6.30. The number of nitriles is 1. The van der Waals surface area contributed by atoms with Crippen LogP contribution in [0.2, 0.25) is 5.02 Å². The molecular weight excluding hydrogens is 518 g/mol. The van der Waals surface area contributed by atoms with Gasteiger partial charge in [0.15, 0.2) is 5.65 Å². The highest BCUT2D eigenvalue weighted by Crippen LogP contribution is 2.30. The van der Waals surface area contributed by atoms with Gasteiger partial charge in [-0.2, -0.15) is 10.4 Å². The van der Waals surface area contributed by atoms with Crippen molar-refractivity contribution in [3.05, 3.63) is 52.8 Å². The molecule has 10 nitrogen and oxygen atoms in total. The van der Waals surface area contributed by atoms with Crippen LogP contribution in [0.3, 0.4) is 0 Å². The molecule has 11 heteroatoms. The van der Waals surface area contributed by atoms with Gasteiger partial charge in [0.05, 0.1) is 28.8 Å². The van der Waals surface area contributed by atoms with Crippen LogP contribution in [0.1, 0.15) is 51.7 Å². The number of piperazine rings is 1. The van der Waals surface area contributed by atoms with Crippen LogP contribution in [-0.2, 0) is 9.53 Å². The first-order chi connectivity index (χ1) is 18.5. The summed E-state index contributed by atoms with van der Waals surface area (Å²) >= 11 is 6.14. The summed E-state index contributed by atoms with van der Waals surface area (Å²) in [5, 5.41) is 18.0. The third-order valence-corrected chi connectivity index (χ3v) is 6.93. The van der Waals surface area contributed by atoms with Crippen LogP contribution in [0.15, 0.2) is 36.7 Å². The molecule has 1 aliphatic heterocycles. The summed E-state index contributed by atoms with van der Waals surface area (Å²) in [4.78, 5) is 36.9. The standard InChI is InChI=1S/C28H34ClN7O3/c1-18(2)36(27(38)39-28(3,4)5)17-23(19-6-8-21(29)9-7-19)26(37)35-12-10-34(11-13-35)24-20(14-30)15-31-25-22(24)16-32-33-25/h6-9,15-16,18,23H,10-13,17H2,1-5H3,(H,31,32,33). The van der Waals surface area contributed by atoms with Crippen LogP contribution < -0.4 is 4.90 Å². The van der Waals surface area contributed by atoms with Crippen molar-refractivity contribution >= 4 is 40.3 Å². The Balaban J connectivity index is 1.56. The summed E-state index contributed by atoms with van der Waals surface area (Å²) in [7, 11) is 0. The third-order valence-electron chi connectivity index (χ3n) is 6.68. The van der Waals surface area contributed by atoms with Crippen molar-refractivity contribution in [2.75, 3.05) is 37.6 Å². The molecule has 39 heavy (non-hydrogen) atoms. The van der Waals surface area contributed by atoms with E-state index in [0.717, 1.165) is 16.6 Å². The Morgan fingerprint density at radius 1 is 1.15 bits per heavy atom. The molecule has 1 fully saturated rings. The third kappa shape index (κ3) is 6.42. The number of carbonyl (C=O) groups excluding carboxylic acids is 2. The molecule has 0 bridgehead atoms. The Bertz CT molecular complexity index is 1370. The number of H-pyrrole nitrogens is 1. The Hall–Kier alpha value is -3.84. The minimum Gasteiger partial charge on any atom is -0.444 e. The van der Waals surface area contributed by atoms with Crippen molar-refractivity contribution < 1.29 is 14.3 Å². The average molecular weight is 552 g/mol. The van der Waals surface area contributed by atoms with E-state index in [2.05, 4.69) is 26.2 Å². The van der Waals surface area contributed by atoms with Gasteiger partial charge in [-0.1, -0.05) is 23.7 Å². The number of hydrogen-bond donors (Lipinski definition) is 1. The molecule has 0 aliphatic carbocycles. The Morgan fingerprint density at radius 2 is 1.82 bits per heavy atom. The molecule has 1 aromatic carbocycles. The molecule has 1 atom stereocenters. The normalized spacial score (nSPS) is 14.8. The molecule has 2 aromatic heterocycles. The number of fused-ring (bicyclic) bond motifs is 1. The minimum absolute atomic E-state index is 0.0742. The molecule has 206 valence electrons. The maximum Gasteiger partial charge on any atom is 0.410 e. The van der Waals surface area contributed by atoms with E-state index in [1.165, 1.54) is 0 Å².